The summed E-state index contributed by atoms with van der Waals surface area (Å²) < 4.78 is 28.2. The molecule has 1 amide bonds. The summed E-state index contributed by atoms with van der Waals surface area (Å²) >= 11 is 0. The largest absolute Gasteiger partial charge is 0.359 e. The first-order chi connectivity index (χ1) is 11.4. The molecule has 0 aromatic carbocycles. The number of sulfone groups is 1. The maximum atomic E-state index is 12.3. The zero-order valence-corrected chi connectivity index (χ0v) is 14.2. The van der Waals surface area contributed by atoms with Crippen LogP contribution in [0, 0.1) is 5.92 Å². The monoisotopic (exact) mass is 349 g/mol. The Bertz CT molecular complexity index is 817. The normalized spacial score (nSPS) is 19.3. The fraction of sp³-hybridized carbons (Fsp3) is 0.438. The lowest BCUT2D eigenvalue weighted by atomic mass is 10.0. The first kappa shape index (κ1) is 16.6. The lowest BCUT2D eigenvalue weighted by Crippen LogP contribution is -2.28. The highest BCUT2D eigenvalue weighted by atomic mass is 32.2. The van der Waals surface area contributed by atoms with E-state index in [1.807, 2.05) is 12.1 Å². The molecule has 8 heteroatoms. The molecule has 1 aliphatic heterocycles. The molecule has 0 aliphatic carbocycles. The molecule has 1 atom stereocenters. The van der Waals surface area contributed by atoms with Crippen LogP contribution in [0.1, 0.15) is 18.6 Å². The van der Waals surface area contributed by atoms with E-state index in [-0.39, 0.29) is 29.8 Å². The van der Waals surface area contributed by atoms with Crippen LogP contribution in [0.3, 0.4) is 0 Å². The maximum absolute atomic E-state index is 12.3. The van der Waals surface area contributed by atoms with Gasteiger partial charge in [0.1, 0.15) is 5.69 Å². The molecule has 2 aromatic heterocycles. The van der Waals surface area contributed by atoms with Crippen molar-refractivity contribution in [3.8, 4) is 11.3 Å². The number of hydrogen-bond donors (Lipinski definition) is 0. The smallest absolute Gasteiger partial charge is 0.223 e. The molecule has 0 saturated carbocycles. The van der Waals surface area contributed by atoms with Crippen LogP contribution in [-0.2, 0) is 21.2 Å². The summed E-state index contributed by atoms with van der Waals surface area (Å²) in [6.45, 7) is 0.297. The van der Waals surface area contributed by atoms with Crippen molar-refractivity contribution in [3.63, 3.8) is 0 Å². The van der Waals surface area contributed by atoms with E-state index in [0.717, 1.165) is 5.56 Å². The molecule has 0 spiro atoms. The van der Waals surface area contributed by atoms with Gasteiger partial charge in [0.25, 0.3) is 0 Å². The van der Waals surface area contributed by atoms with Gasteiger partial charge in [0, 0.05) is 37.5 Å². The van der Waals surface area contributed by atoms with Crippen molar-refractivity contribution >= 4 is 15.7 Å². The molecule has 3 rings (SSSR count). The lowest BCUT2D eigenvalue weighted by molar-refractivity contribution is -0.131. The zero-order valence-electron chi connectivity index (χ0n) is 13.4. The second-order valence-corrected chi connectivity index (χ2v) is 8.37. The van der Waals surface area contributed by atoms with Crippen LogP contribution >= 0.6 is 0 Å². The number of carbonyl (C=O) groups is 1. The third kappa shape index (κ3) is 4.00. The Hall–Kier alpha value is -2.22. The predicted molar refractivity (Wildman–Crippen MR) is 87.6 cm³/mol. The van der Waals surface area contributed by atoms with Crippen LogP contribution in [0.25, 0.3) is 11.3 Å². The average molecular weight is 349 g/mol. The summed E-state index contributed by atoms with van der Waals surface area (Å²) in [6.07, 6.45) is 4.19. The number of rotatable bonds is 5. The number of pyridine rings is 1. The van der Waals surface area contributed by atoms with Crippen molar-refractivity contribution in [3.05, 3.63) is 36.4 Å². The molecular weight excluding hydrogens is 330 g/mol. The van der Waals surface area contributed by atoms with Crippen LogP contribution in [-0.4, -0.2) is 47.9 Å². The van der Waals surface area contributed by atoms with Gasteiger partial charge in [-0.05, 0) is 24.5 Å². The second-order valence-electron chi connectivity index (χ2n) is 6.14. The van der Waals surface area contributed by atoms with Crippen molar-refractivity contribution in [2.24, 2.45) is 5.92 Å². The van der Waals surface area contributed by atoms with E-state index in [4.69, 9.17) is 4.52 Å². The third-order valence-corrected chi connectivity index (χ3v) is 5.96. The fourth-order valence-corrected chi connectivity index (χ4v) is 4.66. The van der Waals surface area contributed by atoms with E-state index in [9.17, 15) is 13.2 Å². The minimum absolute atomic E-state index is 0.0781. The highest BCUT2D eigenvalue weighted by Gasteiger charge is 2.30. The van der Waals surface area contributed by atoms with Gasteiger partial charge in [0.05, 0.1) is 18.1 Å². The molecule has 0 bridgehead atoms. The zero-order chi connectivity index (χ0) is 17.2. The Kier molecular flexibility index (Phi) is 4.66. The Morgan fingerprint density at radius 3 is 2.96 bits per heavy atom. The first-order valence-corrected chi connectivity index (χ1v) is 9.55. The van der Waals surface area contributed by atoms with Crippen LogP contribution in [0.5, 0.6) is 0 Å². The van der Waals surface area contributed by atoms with Crippen LogP contribution in [0.2, 0.25) is 0 Å². The van der Waals surface area contributed by atoms with E-state index >= 15 is 0 Å². The van der Waals surface area contributed by atoms with Crippen molar-refractivity contribution in [1.29, 1.82) is 0 Å². The molecule has 24 heavy (non-hydrogen) atoms. The summed E-state index contributed by atoms with van der Waals surface area (Å²) in [5, 5.41) is 3.99. The van der Waals surface area contributed by atoms with Gasteiger partial charge in [-0.25, -0.2) is 8.42 Å². The summed E-state index contributed by atoms with van der Waals surface area (Å²) in [4.78, 5) is 17.8. The molecule has 3 heterocycles. The molecule has 0 radical (unpaired) electrons. The minimum Gasteiger partial charge on any atom is -0.359 e. The molecule has 0 unspecified atom stereocenters. The van der Waals surface area contributed by atoms with Gasteiger partial charge in [-0.2, -0.15) is 0 Å². The fourth-order valence-electron chi connectivity index (χ4n) is 2.80. The molecule has 0 N–H and O–H groups in total. The highest BCUT2D eigenvalue weighted by molar-refractivity contribution is 7.91. The average Bonchev–Trinajstić information content (AvgIpc) is 3.14. The first-order valence-electron chi connectivity index (χ1n) is 7.73. The molecule has 128 valence electrons. The molecule has 1 aliphatic rings. The number of amides is 1. The summed E-state index contributed by atoms with van der Waals surface area (Å²) in [5.74, 6) is 0.705. The number of nitrogens with zero attached hydrogens (tertiary/aromatic N) is 3. The second kappa shape index (κ2) is 6.72. The molecular formula is C16H19N3O4S. The van der Waals surface area contributed by atoms with Gasteiger partial charge in [-0.3, -0.25) is 9.78 Å². The Labute approximate surface area is 140 Å². The Balaban J connectivity index is 1.58. The number of aromatic nitrogens is 2. The van der Waals surface area contributed by atoms with Gasteiger partial charge < -0.3 is 9.42 Å². The van der Waals surface area contributed by atoms with Crippen LogP contribution in [0.4, 0.5) is 0 Å². The van der Waals surface area contributed by atoms with E-state index in [2.05, 4.69) is 10.1 Å². The summed E-state index contributed by atoms with van der Waals surface area (Å²) in [7, 11) is -1.28. The predicted octanol–water partition coefficient (Wildman–Crippen LogP) is 1.52. The van der Waals surface area contributed by atoms with Crippen molar-refractivity contribution in [1.82, 2.24) is 15.0 Å². The van der Waals surface area contributed by atoms with Gasteiger partial charge in [0.2, 0.25) is 5.91 Å². The SMILES string of the molecule is CN(Cc1cc(-c2cccnc2)no1)C(=O)C[C@@H]1CCS(=O)(=O)C1. The quantitative estimate of drug-likeness (QED) is 0.812. The minimum atomic E-state index is -2.96. The number of hydrogen-bond acceptors (Lipinski definition) is 6. The van der Waals surface area contributed by atoms with Gasteiger partial charge in [-0.15, -0.1) is 0 Å². The van der Waals surface area contributed by atoms with Crippen molar-refractivity contribution in [2.75, 3.05) is 18.6 Å². The molecule has 7 nitrogen and oxygen atoms in total. The molecule has 2 aromatic rings. The van der Waals surface area contributed by atoms with Crippen molar-refractivity contribution in [2.45, 2.75) is 19.4 Å². The number of carbonyl (C=O) groups excluding carboxylic acids is 1. The summed E-state index contributed by atoms with van der Waals surface area (Å²) in [5.41, 5.74) is 1.51. The third-order valence-electron chi connectivity index (χ3n) is 4.13. The van der Waals surface area contributed by atoms with E-state index in [0.29, 0.717) is 24.4 Å². The van der Waals surface area contributed by atoms with Crippen LogP contribution < -0.4 is 0 Å². The molecule has 1 fully saturated rings. The Morgan fingerprint density at radius 2 is 2.29 bits per heavy atom. The van der Waals surface area contributed by atoms with Gasteiger partial charge >= 0.3 is 0 Å². The van der Waals surface area contributed by atoms with Gasteiger partial charge in [0.15, 0.2) is 15.6 Å². The Morgan fingerprint density at radius 1 is 1.46 bits per heavy atom. The van der Waals surface area contributed by atoms with Crippen LogP contribution in [0.15, 0.2) is 35.1 Å². The topological polar surface area (TPSA) is 93.4 Å². The summed E-state index contributed by atoms with van der Waals surface area (Å²) in [6, 6.07) is 5.47. The standard InChI is InChI=1S/C16H19N3O4S/c1-19(16(20)7-12-4-6-24(21,22)11-12)10-14-8-15(18-23-14)13-3-2-5-17-9-13/h2-3,5,8-9,12H,4,6-7,10-11H2,1H3/t12-/m0/s1. The maximum Gasteiger partial charge on any atom is 0.223 e. The van der Waals surface area contributed by atoms with E-state index in [1.165, 1.54) is 0 Å². The lowest BCUT2D eigenvalue weighted by Gasteiger charge is -2.17. The van der Waals surface area contributed by atoms with Gasteiger partial charge in [-0.1, -0.05) is 5.16 Å². The van der Waals surface area contributed by atoms with E-state index < -0.39 is 9.84 Å². The van der Waals surface area contributed by atoms with Crippen molar-refractivity contribution < 1.29 is 17.7 Å². The highest BCUT2D eigenvalue weighted by Crippen LogP contribution is 2.23. The van der Waals surface area contributed by atoms with E-state index in [1.54, 1.807) is 30.4 Å². The molecule has 1 saturated heterocycles.